The van der Waals surface area contributed by atoms with Gasteiger partial charge in [0.2, 0.25) is 0 Å². The lowest BCUT2D eigenvalue weighted by Crippen LogP contribution is -2.30. The summed E-state index contributed by atoms with van der Waals surface area (Å²) in [6.45, 7) is 1.42. The highest BCUT2D eigenvalue weighted by molar-refractivity contribution is 5.75. The van der Waals surface area contributed by atoms with Crippen molar-refractivity contribution in [1.29, 1.82) is 5.26 Å². The van der Waals surface area contributed by atoms with Crippen LogP contribution in [-0.2, 0) is 15.7 Å². The van der Waals surface area contributed by atoms with Crippen molar-refractivity contribution in [2.75, 3.05) is 6.61 Å². The van der Waals surface area contributed by atoms with Crippen molar-refractivity contribution in [3.63, 3.8) is 0 Å². The van der Waals surface area contributed by atoms with Gasteiger partial charge in [-0.3, -0.25) is 0 Å². The number of carbonyl (C=O) groups is 1. The van der Waals surface area contributed by atoms with E-state index in [-0.39, 0.29) is 12.2 Å². The summed E-state index contributed by atoms with van der Waals surface area (Å²) in [6, 6.07) is 3.79. The largest absolute Gasteiger partial charge is 0.464 e. The minimum Gasteiger partial charge on any atom is -0.464 e. The molecule has 0 aliphatic rings. The van der Waals surface area contributed by atoms with Crippen molar-refractivity contribution < 1.29 is 32.9 Å². The number of carbonyl (C=O) groups excluding carboxylic acids is 1. The number of esters is 1. The minimum atomic E-state index is -4.80. The summed E-state index contributed by atoms with van der Waals surface area (Å²) in [4.78, 5) is 11.3. The number of alkyl halides is 3. The second-order valence-electron chi connectivity index (χ2n) is 4.06. The van der Waals surface area contributed by atoms with Crippen LogP contribution in [0.3, 0.4) is 0 Å². The van der Waals surface area contributed by atoms with E-state index in [9.17, 15) is 28.2 Å². The lowest BCUT2D eigenvalue weighted by Gasteiger charge is -2.18. The van der Waals surface area contributed by atoms with E-state index in [0.717, 1.165) is 12.1 Å². The van der Waals surface area contributed by atoms with Crippen LogP contribution in [-0.4, -0.2) is 28.9 Å². The first kappa shape index (κ1) is 16.9. The summed E-state index contributed by atoms with van der Waals surface area (Å²) >= 11 is 0. The Morgan fingerprint density at radius 1 is 1.43 bits per heavy atom. The number of nitriles is 1. The number of hydrogen-bond acceptors (Lipinski definition) is 5. The molecule has 0 amide bonds. The highest BCUT2D eigenvalue weighted by Crippen LogP contribution is 2.34. The van der Waals surface area contributed by atoms with E-state index in [4.69, 9.17) is 5.26 Å². The number of aliphatic hydroxyl groups excluding tert-OH is 2. The lowest BCUT2D eigenvalue weighted by atomic mass is 9.98. The van der Waals surface area contributed by atoms with Gasteiger partial charge in [-0.1, -0.05) is 6.07 Å². The number of rotatable bonds is 4. The maximum absolute atomic E-state index is 12.8. The number of halogens is 3. The van der Waals surface area contributed by atoms with E-state index < -0.39 is 35.5 Å². The first-order chi connectivity index (χ1) is 9.72. The molecular weight excluding hydrogens is 291 g/mol. The standard InChI is InChI=1S/C13H12F3NO4/c1-2-21-12(20)11(19)10(18)7-3-4-8(6-17)9(5-7)13(14,15)16/h3-5,10-11,18-19H,2H2,1H3. The summed E-state index contributed by atoms with van der Waals surface area (Å²) in [5.74, 6) is -1.15. The molecular formula is C13H12F3NO4. The van der Waals surface area contributed by atoms with E-state index in [1.54, 1.807) is 0 Å². The topological polar surface area (TPSA) is 90.6 Å². The number of aliphatic hydroxyl groups is 2. The molecule has 2 atom stereocenters. The Kier molecular flexibility index (Phi) is 5.29. The molecule has 114 valence electrons. The molecule has 0 saturated carbocycles. The van der Waals surface area contributed by atoms with Crippen molar-refractivity contribution in [3.8, 4) is 6.07 Å². The summed E-state index contributed by atoms with van der Waals surface area (Å²) in [5, 5.41) is 27.9. The fraction of sp³-hybridized carbons (Fsp3) is 0.385. The summed E-state index contributed by atoms with van der Waals surface area (Å²) in [5.41, 5.74) is -2.22. The highest BCUT2D eigenvalue weighted by atomic mass is 19.4. The third-order valence-electron chi connectivity index (χ3n) is 2.64. The van der Waals surface area contributed by atoms with E-state index in [1.165, 1.54) is 13.0 Å². The Morgan fingerprint density at radius 2 is 2.05 bits per heavy atom. The second-order valence-corrected chi connectivity index (χ2v) is 4.06. The van der Waals surface area contributed by atoms with Gasteiger partial charge in [0.05, 0.1) is 23.8 Å². The molecule has 21 heavy (non-hydrogen) atoms. The van der Waals surface area contributed by atoms with Gasteiger partial charge in [-0.2, -0.15) is 18.4 Å². The third-order valence-corrected chi connectivity index (χ3v) is 2.64. The molecule has 1 aromatic carbocycles. The maximum atomic E-state index is 12.8. The molecule has 0 aliphatic carbocycles. The summed E-state index contributed by atoms with van der Waals surface area (Å²) < 4.78 is 42.8. The van der Waals surface area contributed by atoms with Crippen LogP contribution in [0.5, 0.6) is 0 Å². The normalized spacial score (nSPS) is 14.1. The Morgan fingerprint density at radius 3 is 2.52 bits per heavy atom. The van der Waals surface area contributed by atoms with E-state index in [1.807, 2.05) is 0 Å². The average molecular weight is 303 g/mol. The summed E-state index contributed by atoms with van der Waals surface area (Å²) in [7, 11) is 0. The molecule has 2 unspecified atom stereocenters. The van der Waals surface area contributed by atoms with E-state index in [2.05, 4.69) is 4.74 Å². The quantitative estimate of drug-likeness (QED) is 0.823. The zero-order chi connectivity index (χ0) is 16.2. The third kappa shape index (κ3) is 3.93. The van der Waals surface area contributed by atoms with Gasteiger partial charge in [-0.15, -0.1) is 0 Å². The van der Waals surface area contributed by atoms with Gasteiger partial charge in [-0.25, -0.2) is 4.79 Å². The molecule has 8 heteroatoms. The van der Waals surface area contributed by atoms with Gasteiger partial charge in [0.15, 0.2) is 6.10 Å². The molecule has 0 saturated heterocycles. The molecule has 1 aromatic rings. The van der Waals surface area contributed by atoms with Gasteiger partial charge in [0.25, 0.3) is 0 Å². The van der Waals surface area contributed by atoms with Crippen molar-refractivity contribution >= 4 is 5.97 Å². The lowest BCUT2D eigenvalue weighted by molar-refractivity contribution is -0.159. The molecule has 5 nitrogen and oxygen atoms in total. The number of hydrogen-bond donors (Lipinski definition) is 2. The zero-order valence-electron chi connectivity index (χ0n) is 10.9. The molecule has 0 aliphatic heterocycles. The molecule has 0 radical (unpaired) electrons. The van der Waals surface area contributed by atoms with Gasteiger partial charge >= 0.3 is 12.1 Å². The van der Waals surface area contributed by atoms with Crippen LogP contribution in [0.2, 0.25) is 0 Å². The predicted molar refractivity (Wildman–Crippen MR) is 63.8 cm³/mol. The van der Waals surface area contributed by atoms with E-state index >= 15 is 0 Å². The number of nitrogens with zero attached hydrogens (tertiary/aromatic N) is 1. The van der Waals surface area contributed by atoms with Crippen molar-refractivity contribution in [1.82, 2.24) is 0 Å². The Hall–Kier alpha value is -2.11. The Labute approximate surface area is 118 Å². The smallest absolute Gasteiger partial charge is 0.417 e. The Balaban J connectivity index is 3.15. The zero-order valence-corrected chi connectivity index (χ0v) is 10.9. The molecule has 0 spiro atoms. The van der Waals surface area contributed by atoms with Gasteiger partial charge < -0.3 is 14.9 Å². The van der Waals surface area contributed by atoms with Crippen LogP contribution in [0.25, 0.3) is 0 Å². The van der Waals surface area contributed by atoms with Crippen LogP contribution in [0, 0.1) is 11.3 Å². The van der Waals surface area contributed by atoms with Gasteiger partial charge in [-0.05, 0) is 24.6 Å². The first-order valence-corrected chi connectivity index (χ1v) is 5.86. The molecule has 1 rings (SSSR count). The second kappa shape index (κ2) is 6.56. The minimum absolute atomic E-state index is 0.0518. The number of benzene rings is 1. The van der Waals surface area contributed by atoms with Crippen molar-refractivity contribution in [2.45, 2.75) is 25.3 Å². The number of ether oxygens (including phenoxy) is 1. The van der Waals surface area contributed by atoms with Crippen molar-refractivity contribution in [3.05, 3.63) is 34.9 Å². The average Bonchev–Trinajstić information content (AvgIpc) is 2.44. The van der Waals surface area contributed by atoms with Gasteiger partial charge in [0.1, 0.15) is 6.10 Å². The van der Waals surface area contributed by atoms with Crippen LogP contribution in [0.4, 0.5) is 13.2 Å². The van der Waals surface area contributed by atoms with Gasteiger partial charge in [0, 0.05) is 0 Å². The van der Waals surface area contributed by atoms with Crippen LogP contribution >= 0.6 is 0 Å². The van der Waals surface area contributed by atoms with Crippen LogP contribution in [0.15, 0.2) is 18.2 Å². The molecule has 0 bridgehead atoms. The van der Waals surface area contributed by atoms with E-state index in [0.29, 0.717) is 6.07 Å². The summed E-state index contributed by atoms with van der Waals surface area (Å²) in [6.07, 6.45) is -8.70. The molecule has 0 heterocycles. The van der Waals surface area contributed by atoms with Crippen LogP contribution in [0.1, 0.15) is 29.7 Å². The Bertz CT molecular complexity index is 566. The predicted octanol–water partition coefficient (Wildman–Crippen LogP) is 1.53. The highest BCUT2D eigenvalue weighted by Gasteiger charge is 2.35. The molecule has 0 aromatic heterocycles. The molecule has 2 N–H and O–H groups in total. The van der Waals surface area contributed by atoms with Crippen LogP contribution < -0.4 is 0 Å². The van der Waals surface area contributed by atoms with Crippen molar-refractivity contribution in [2.24, 2.45) is 0 Å². The molecule has 0 fully saturated rings. The fourth-order valence-electron chi connectivity index (χ4n) is 1.62. The fourth-order valence-corrected chi connectivity index (χ4v) is 1.62. The maximum Gasteiger partial charge on any atom is 0.417 e. The first-order valence-electron chi connectivity index (χ1n) is 5.86. The monoisotopic (exact) mass is 303 g/mol. The SMILES string of the molecule is CCOC(=O)C(O)C(O)c1ccc(C#N)c(C(F)(F)F)c1.